The van der Waals surface area contributed by atoms with Crippen molar-refractivity contribution < 1.29 is 9.21 Å². The summed E-state index contributed by atoms with van der Waals surface area (Å²) in [5, 5.41) is 9.28. The van der Waals surface area contributed by atoms with Gasteiger partial charge in [0.15, 0.2) is 0 Å². The van der Waals surface area contributed by atoms with Crippen LogP contribution in [-0.4, -0.2) is 38.7 Å². The molecule has 3 aromatic rings. The van der Waals surface area contributed by atoms with Crippen molar-refractivity contribution in [3.63, 3.8) is 0 Å². The summed E-state index contributed by atoms with van der Waals surface area (Å²) in [7, 11) is 0. The van der Waals surface area contributed by atoms with Crippen molar-refractivity contribution in [1.29, 1.82) is 0 Å². The predicted molar refractivity (Wildman–Crippen MR) is 90.4 cm³/mol. The number of fused-ring (bicyclic) bond motifs is 1. The number of rotatable bonds is 4. The number of carbonyl (C=O) groups is 1. The fourth-order valence-electron chi connectivity index (χ4n) is 3.26. The largest absolute Gasteiger partial charge is 0.419 e. The molecule has 1 aromatic carbocycles. The Hall–Kier alpha value is -2.63. The van der Waals surface area contributed by atoms with Crippen molar-refractivity contribution in [3.05, 3.63) is 36.2 Å². The Morgan fingerprint density at radius 3 is 2.75 bits per heavy atom. The topological polar surface area (TPSA) is 64.2 Å². The van der Waals surface area contributed by atoms with E-state index in [-0.39, 0.29) is 5.91 Å². The summed E-state index contributed by atoms with van der Waals surface area (Å²) in [6.45, 7) is 3.98. The highest BCUT2D eigenvalue weighted by Crippen LogP contribution is 2.28. The molecule has 1 aliphatic rings. The molecular formula is C18H20N4O2. The molecule has 4 rings (SSSR count). The molecule has 1 saturated heterocycles. The molecule has 24 heavy (non-hydrogen) atoms. The number of carbonyl (C=O) groups excluding carboxylic acids is 1. The Kier molecular flexibility index (Phi) is 3.80. The first-order valence-corrected chi connectivity index (χ1v) is 8.45. The highest BCUT2D eigenvalue weighted by atomic mass is 16.4. The van der Waals surface area contributed by atoms with Crippen LogP contribution in [-0.2, 0) is 17.8 Å². The average molecular weight is 324 g/mol. The van der Waals surface area contributed by atoms with Crippen molar-refractivity contribution in [2.75, 3.05) is 13.1 Å². The number of likely N-dealkylation sites (tertiary alicyclic amines) is 1. The van der Waals surface area contributed by atoms with Crippen molar-refractivity contribution in [1.82, 2.24) is 19.7 Å². The van der Waals surface area contributed by atoms with Gasteiger partial charge in [-0.1, -0.05) is 25.1 Å². The quantitative estimate of drug-likeness (QED) is 0.740. The van der Waals surface area contributed by atoms with Gasteiger partial charge in [0.05, 0.1) is 0 Å². The van der Waals surface area contributed by atoms with Crippen LogP contribution < -0.4 is 0 Å². The number of nitrogens with zero attached hydrogens (tertiary/aromatic N) is 4. The fourth-order valence-corrected chi connectivity index (χ4v) is 3.26. The van der Waals surface area contributed by atoms with Crippen LogP contribution in [0.1, 0.15) is 25.7 Å². The first kappa shape index (κ1) is 14.9. The molecule has 1 fully saturated rings. The summed E-state index contributed by atoms with van der Waals surface area (Å²) in [5.41, 5.74) is 1.81. The van der Waals surface area contributed by atoms with Gasteiger partial charge in [0.25, 0.3) is 5.89 Å². The summed E-state index contributed by atoms with van der Waals surface area (Å²) < 4.78 is 7.72. The lowest BCUT2D eigenvalue weighted by atomic mass is 10.2. The minimum Gasteiger partial charge on any atom is -0.419 e. The number of amides is 1. The van der Waals surface area contributed by atoms with Crippen LogP contribution in [0.25, 0.3) is 22.5 Å². The van der Waals surface area contributed by atoms with Gasteiger partial charge >= 0.3 is 0 Å². The average Bonchev–Trinajstić information content (AvgIpc) is 3.34. The predicted octanol–water partition coefficient (Wildman–Crippen LogP) is 2.88. The minimum absolute atomic E-state index is 0.144. The number of hydrogen-bond acceptors (Lipinski definition) is 4. The normalized spacial score (nSPS) is 14.6. The van der Waals surface area contributed by atoms with Crippen molar-refractivity contribution in [2.24, 2.45) is 0 Å². The van der Waals surface area contributed by atoms with E-state index < -0.39 is 0 Å². The van der Waals surface area contributed by atoms with Gasteiger partial charge in [-0.15, -0.1) is 10.2 Å². The molecule has 0 saturated carbocycles. The van der Waals surface area contributed by atoms with Gasteiger partial charge in [-0.3, -0.25) is 4.79 Å². The van der Waals surface area contributed by atoms with Crippen LogP contribution in [0, 0.1) is 0 Å². The Bertz CT molecular complexity index is 874. The highest BCUT2D eigenvalue weighted by molar-refractivity contribution is 5.88. The lowest BCUT2D eigenvalue weighted by Gasteiger charge is -2.17. The first-order chi connectivity index (χ1) is 11.8. The maximum atomic E-state index is 12.6. The third-order valence-corrected chi connectivity index (χ3v) is 4.55. The van der Waals surface area contributed by atoms with Crippen molar-refractivity contribution >= 4 is 16.8 Å². The van der Waals surface area contributed by atoms with Gasteiger partial charge in [0.2, 0.25) is 11.8 Å². The molecule has 0 atom stereocenters. The van der Waals surface area contributed by atoms with Crippen LogP contribution in [0.15, 0.2) is 34.7 Å². The van der Waals surface area contributed by atoms with E-state index in [2.05, 4.69) is 10.2 Å². The van der Waals surface area contributed by atoms with E-state index in [0.29, 0.717) is 24.7 Å². The molecule has 3 heterocycles. The van der Waals surface area contributed by atoms with Crippen LogP contribution in [0.2, 0.25) is 0 Å². The van der Waals surface area contributed by atoms with E-state index in [1.54, 1.807) is 0 Å². The number of benzene rings is 1. The van der Waals surface area contributed by atoms with E-state index in [9.17, 15) is 4.79 Å². The summed E-state index contributed by atoms with van der Waals surface area (Å²) in [6.07, 6.45) is 2.88. The second-order valence-corrected chi connectivity index (χ2v) is 6.12. The van der Waals surface area contributed by atoms with E-state index in [4.69, 9.17) is 4.42 Å². The van der Waals surface area contributed by atoms with Crippen molar-refractivity contribution in [3.8, 4) is 11.6 Å². The van der Waals surface area contributed by atoms with Gasteiger partial charge in [-0.05, 0) is 25.0 Å². The molecule has 1 amide bonds. The Balaban J connectivity index is 1.76. The fraction of sp³-hybridized carbons (Fsp3) is 0.389. The zero-order valence-electron chi connectivity index (χ0n) is 13.7. The molecule has 0 spiro atoms. The second-order valence-electron chi connectivity index (χ2n) is 6.12. The summed E-state index contributed by atoms with van der Waals surface area (Å²) in [5.74, 6) is 1.22. The van der Waals surface area contributed by atoms with Crippen molar-refractivity contribution in [2.45, 2.75) is 32.7 Å². The zero-order valence-corrected chi connectivity index (χ0v) is 13.7. The number of para-hydroxylation sites is 1. The Labute approximate surface area is 140 Å². The SMILES string of the molecule is CCc1nnc(-c2cc3ccccc3n2CC(=O)N2CCCC2)o1. The Morgan fingerprint density at radius 2 is 2.00 bits per heavy atom. The number of aromatic nitrogens is 3. The molecular weight excluding hydrogens is 304 g/mol. The summed E-state index contributed by atoms with van der Waals surface area (Å²) in [6, 6.07) is 10.0. The molecule has 1 aliphatic heterocycles. The molecule has 124 valence electrons. The van der Waals surface area contributed by atoms with E-state index in [1.165, 1.54) is 0 Å². The smallest absolute Gasteiger partial charge is 0.264 e. The molecule has 0 aliphatic carbocycles. The lowest BCUT2D eigenvalue weighted by molar-refractivity contribution is -0.130. The van der Waals surface area contributed by atoms with Gasteiger partial charge in [-0.25, -0.2) is 0 Å². The van der Waals surface area contributed by atoms with Gasteiger partial charge < -0.3 is 13.9 Å². The number of aryl methyl sites for hydroxylation is 1. The highest BCUT2D eigenvalue weighted by Gasteiger charge is 2.22. The summed E-state index contributed by atoms with van der Waals surface area (Å²) >= 11 is 0. The monoisotopic (exact) mass is 324 g/mol. The molecule has 2 aromatic heterocycles. The standard InChI is InChI=1S/C18H20N4O2/c1-2-16-19-20-18(24-16)15-11-13-7-3-4-8-14(13)22(15)12-17(23)21-9-5-6-10-21/h3-4,7-8,11H,2,5-6,9-10,12H2,1H3. The lowest BCUT2D eigenvalue weighted by Crippen LogP contribution is -2.31. The van der Waals surface area contributed by atoms with Gasteiger partial charge in [-0.2, -0.15) is 0 Å². The zero-order chi connectivity index (χ0) is 16.5. The third kappa shape index (κ3) is 2.58. The maximum absolute atomic E-state index is 12.6. The third-order valence-electron chi connectivity index (χ3n) is 4.55. The molecule has 0 radical (unpaired) electrons. The summed E-state index contributed by atoms with van der Waals surface area (Å²) in [4.78, 5) is 14.6. The van der Waals surface area contributed by atoms with Crippen LogP contribution in [0.5, 0.6) is 0 Å². The number of hydrogen-bond donors (Lipinski definition) is 0. The van der Waals surface area contributed by atoms with E-state index in [1.807, 2.05) is 46.7 Å². The van der Waals surface area contributed by atoms with Gasteiger partial charge in [0, 0.05) is 30.4 Å². The van der Waals surface area contributed by atoms with Crippen LogP contribution in [0.3, 0.4) is 0 Å². The van der Waals surface area contributed by atoms with Crippen LogP contribution >= 0.6 is 0 Å². The molecule has 6 nitrogen and oxygen atoms in total. The maximum Gasteiger partial charge on any atom is 0.264 e. The van der Waals surface area contributed by atoms with Crippen LogP contribution in [0.4, 0.5) is 0 Å². The first-order valence-electron chi connectivity index (χ1n) is 8.45. The molecule has 6 heteroatoms. The minimum atomic E-state index is 0.144. The molecule has 0 bridgehead atoms. The van der Waals surface area contributed by atoms with E-state index >= 15 is 0 Å². The second kappa shape index (κ2) is 6.11. The molecule has 0 N–H and O–H groups in total. The van der Waals surface area contributed by atoms with E-state index in [0.717, 1.165) is 42.5 Å². The Morgan fingerprint density at radius 1 is 1.21 bits per heavy atom. The molecule has 0 unspecified atom stereocenters. The van der Waals surface area contributed by atoms with Gasteiger partial charge in [0.1, 0.15) is 12.2 Å².